The van der Waals surface area contributed by atoms with E-state index in [2.05, 4.69) is 29.2 Å². The number of nitrogens with zero attached hydrogens (tertiary/aromatic N) is 1. The summed E-state index contributed by atoms with van der Waals surface area (Å²) in [5, 5.41) is 1.02. The molecule has 0 saturated carbocycles. The lowest BCUT2D eigenvalue weighted by Gasteiger charge is -2.04. The summed E-state index contributed by atoms with van der Waals surface area (Å²) < 4.78 is 0. The topological polar surface area (TPSA) is 38.9 Å². The summed E-state index contributed by atoms with van der Waals surface area (Å²) >= 11 is 1.73. The molecule has 0 bridgehead atoms. The Hall–Kier alpha value is -1.48. The molecule has 1 heterocycles. The Kier molecular flexibility index (Phi) is 3.47. The third-order valence-corrected chi connectivity index (χ3v) is 3.33. The number of rotatable bonds is 3. The Labute approximate surface area is 99.9 Å². The van der Waals surface area contributed by atoms with Crippen molar-refractivity contribution in [2.75, 3.05) is 5.73 Å². The molecule has 2 rings (SSSR count). The van der Waals surface area contributed by atoms with Crippen LogP contribution in [0.25, 0.3) is 0 Å². The van der Waals surface area contributed by atoms with Gasteiger partial charge in [-0.1, -0.05) is 30.3 Å². The summed E-state index contributed by atoms with van der Waals surface area (Å²) in [5.41, 5.74) is 8.69. The fourth-order valence-corrected chi connectivity index (χ4v) is 2.23. The van der Waals surface area contributed by atoms with Gasteiger partial charge in [0.15, 0.2) is 0 Å². The molecule has 0 atom stereocenters. The first-order chi connectivity index (χ1) is 7.75. The Morgan fingerprint density at radius 2 is 1.88 bits per heavy atom. The normalized spacial score (nSPS) is 10.3. The Morgan fingerprint density at radius 3 is 2.56 bits per heavy atom. The number of benzene rings is 1. The number of hydrogen-bond donors (Lipinski definition) is 1. The van der Waals surface area contributed by atoms with Crippen molar-refractivity contribution in [3.8, 4) is 0 Å². The molecule has 82 valence electrons. The van der Waals surface area contributed by atoms with Gasteiger partial charge in [-0.3, -0.25) is 0 Å². The zero-order chi connectivity index (χ0) is 11.4. The summed E-state index contributed by atoms with van der Waals surface area (Å²) in [4.78, 5) is 4.43. The molecule has 0 aliphatic rings. The van der Waals surface area contributed by atoms with Gasteiger partial charge in [-0.05, 0) is 24.6 Å². The van der Waals surface area contributed by atoms with Gasteiger partial charge in [0.05, 0.1) is 16.4 Å². The van der Waals surface area contributed by atoms with E-state index in [1.807, 2.05) is 25.1 Å². The second kappa shape index (κ2) is 5.03. The van der Waals surface area contributed by atoms with E-state index < -0.39 is 0 Å². The van der Waals surface area contributed by atoms with Crippen LogP contribution in [0.1, 0.15) is 11.3 Å². The molecule has 0 fully saturated rings. The maximum atomic E-state index is 5.72. The Morgan fingerprint density at radius 1 is 1.12 bits per heavy atom. The molecule has 0 spiro atoms. The molecule has 0 unspecified atom stereocenters. The number of aromatic nitrogens is 1. The molecule has 0 aliphatic heterocycles. The lowest BCUT2D eigenvalue weighted by molar-refractivity contribution is 1.07. The van der Waals surface area contributed by atoms with Gasteiger partial charge in [-0.15, -0.1) is 11.8 Å². The van der Waals surface area contributed by atoms with Crippen LogP contribution in [0.3, 0.4) is 0 Å². The van der Waals surface area contributed by atoms with E-state index in [0.29, 0.717) is 0 Å². The van der Waals surface area contributed by atoms with Crippen molar-refractivity contribution in [2.45, 2.75) is 17.7 Å². The van der Waals surface area contributed by atoms with Crippen molar-refractivity contribution < 1.29 is 0 Å². The zero-order valence-corrected chi connectivity index (χ0v) is 10.00. The average Bonchev–Trinajstić information content (AvgIpc) is 2.32. The van der Waals surface area contributed by atoms with Crippen molar-refractivity contribution in [2.24, 2.45) is 0 Å². The van der Waals surface area contributed by atoms with Crippen LogP contribution < -0.4 is 5.73 Å². The van der Waals surface area contributed by atoms with Crippen LogP contribution in [0.4, 0.5) is 5.69 Å². The third-order valence-electron chi connectivity index (χ3n) is 2.33. The van der Waals surface area contributed by atoms with Gasteiger partial charge >= 0.3 is 0 Å². The Balaban J connectivity index is 2.03. The van der Waals surface area contributed by atoms with Gasteiger partial charge in [-0.2, -0.15) is 0 Å². The van der Waals surface area contributed by atoms with Crippen LogP contribution in [-0.4, -0.2) is 4.98 Å². The van der Waals surface area contributed by atoms with Crippen LogP contribution in [-0.2, 0) is 5.75 Å². The van der Waals surface area contributed by atoms with E-state index in [4.69, 9.17) is 5.73 Å². The molecule has 0 radical (unpaired) electrons. The molecule has 3 heteroatoms. The molecule has 0 aliphatic carbocycles. The number of thioether (sulfide) groups is 1. The number of anilines is 1. The number of pyridine rings is 1. The van der Waals surface area contributed by atoms with Crippen LogP contribution in [0.5, 0.6) is 0 Å². The van der Waals surface area contributed by atoms with Crippen LogP contribution in [0.15, 0.2) is 47.5 Å². The average molecular weight is 230 g/mol. The molecular formula is C13H14N2S. The fourth-order valence-electron chi connectivity index (χ4n) is 1.36. The summed E-state index contributed by atoms with van der Waals surface area (Å²) in [7, 11) is 0. The largest absolute Gasteiger partial charge is 0.397 e. The quantitative estimate of drug-likeness (QED) is 0.822. The van der Waals surface area contributed by atoms with Crippen molar-refractivity contribution in [1.82, 2.24) is 4.98 Å². The third kappa shape index (κ3) is 2.76. The SMILES string of the molecule is Cc1nc(SCc2ccccc2)ccc1N. The van der Waals surface area contributed by atoms with Crippen molar-refractivity contribution in [3.05, 3.63) is 53.7 Å². The highest BCUT2D eigenvalue weighted by Crippen LogP contribution is 2.22. The predicted molar refractivity (Wildman–Crippen MR) is 69.4 cm³/mol. The van der Waals surface area contributed by atoms with Gasteiger partial charge in [0, 0.05) is 5.75 Å². The van der Waals surface area contributed by atoms with Crippen molar-refractivity contribution in [3.63, 3.8) is 0 Å². The lowest BCUT2D eigenvalue weighted by Crippen LogP contribution is -1.93. The van der Waals surface area contributed by atoms with E-state index in [9.17, 15) is 0 Å². The van der Waals surface area contributed by atoms with Crippen LogP contribution in [0, 0.1) is 6.92 Å². The number of nitrogens with two attached hydrogens (primary N) is 1. The number of hydrogen-bond acceptors (Lipinski definition) is 3. The van der Waals surface area contributed by atoms with E-state index in [1.54, 1.807) is 11.8 Å². The highest BCUT2D eigenvalue weighted by Gasteiger charge is 2.00. The molecule has 2 nitrogen and oxygen atoms in total. The number of aryl methyl sites for hydroxylation is 1. The van der Waals surface area contributed by atoms with Crippen LogP contribution in [0.2, 0.25) is 0 Å². The zero-order valence-electron chi connectivity index (χ0n) is 9.18. The second-order valence-corrected chi connectivity index (χ2v) is 4.59. The minimum Gasteiger partial charge on any atom is -0.397 e. The molecular weight excluding hydrogens is 216 g/mol. The van der Waals surface area contributed by atoms with Crippen LogP contribution >= 0.6 is 11.8 Å². The van der Waals surface area contributed by atoms with E-state index in [1.165, 1.54) is 5.56 Å². The molecule has 1 aromatic carbocycles. The molecule has 1 aromatic heterocycles. The van der Waals surface area contributed by atoms with Gasteiger partial charge < -0.3 is 5.73 Å². The standard InChI is InChI=1S/C13H14N2S/c1-10-12(14)7-8-13(15-10)16-9-11-5-3-2-4-6-11/h2-8H,9,14H2,1H3. The summed E-state index contributed by atoms with van der Waals surface area (Å²) in [6.07, 6.45) is 0. The lowest BCUT2D eigenvalue weighted by atomic mass is 10.2. The second-order valence-electron chi connectivity index (χ2n) is 3.60. The summed E-state index contributed by atoms with van der Waals surface area (Å²) in [6, 6.07) is 14.3. The predicted octanol–water partition coefficient (Wildman–Crippen LogP) is 3.26. The maximum absolute atomic E-state index is 5.72. The molecule has 0 amide bonds. The van der Waals surface area contributed by atoms with E-state index in [0.717, 1.165) is 22.2 Å². The first-order valence-corrected chi connectivity index (χ1v) is 6.14. The molecule has 2 aromatic rings. The summed E-state index contributed by atoms with van der Waals surface area (Å²) in [5.74, 6) is 0.942. The van der Waals surface area contributed by atoms with Gasteiger partial charge in [0.25, 0.3) is 0 Å². The molecule has 0 saturated heterocycles. The van der Waals surface area contributed by atoms with Gasteiger partial charge in [0.2, 0.25) is 0 Å². The maximum Gasteiger partial charge on any atom is 0.0967 e. The minimum atomic E-state index is 0.754. The van der Waals surface area contributed by atoms with Crippen molar-refractivity contribution >= 4 is 17.4 Å². The number of nitrogen functional groups attached to an aromatic ring is 1. The van der Waals surface area contributed by atoms with Gasteiger partial charge in [0.1, 0.15) is 0 Å². The van der Waals surface area contributed by atoms with Gasteiger partial charge in [-0.25, -0.2) is 4.98 Å². The van der Waals surface area contributed by atoms with E-state index >= 15 is 0 Å². The van der Waals surface area contributed by atoms with E-state index in [-0.39, 0.29) is 0 Å². The fraction of sp³-hybridized carbons (Fsp3) is 0.154. The first-order valence-electron chi connectivity index (χ1n) is 5.15. The molecule has 2 N–H and O–H groups in total. The monoisotopic (exact) mass is 230 g/mol. The minimum absolute atomic E-state index is 0.754. The highest BCUT2D eigenvalue weighted by atomic mass is 32.2. The van der Waals surface area contributed by atoms with Crippen molar-refractivity contribution in [1.29, 1.82) is 0 Å². The Bertz CT molecular complexity index is 469. The first kappa shape index (κ1) is 11.0. The highest BCUT2D eigenvalue weighted by molar-refractivity contribution is 7.98. The smallest absolute Gasteiger partial charge is 0.0967 e. The molecule has 16 heavy (non-hydrogen) atoms. The summed E-state index contributed by atoms with van der Waals surface area (Å²) in [6.45, 7) is 1.93.